The molecule has 1 saturated heterocycles. The fourth-order valence-electron chi connectivity index (χ4n) is 0.739. The van der Waals surface area contributed by atoms with Crippen LogP contribution < -0.4 is 5.32 Å². The molecular formula is C8H15NO5. The number of nitrogens with one attached hydrogen (secondary N) is 1. The van der Waals surface area contributed by atoms with Crippen LogP contribution in [0.25, 0.3) is 0 Å². The molecule has 1 rings (SSSR count). The molecule has 0 aliphatic carbocycles. The average Bonchev–Trinajstić information content (AvgIpc) is 2.52. The molecule has 0 bridgehead atoms. The van der Waals surface area contributed by atoms with E-state index in [0.717, 1.165) is 0 Å². The maximum atomic E-state index is 10.1. The van der Waals surface area contributed by atoms with E-state index in [1.807, 2.05) is 0 Å². The van der Waals surface area contributed by atoms with Crippen LogP contribution in [0.1, 0.15) is 12.8 Å². The van der Waals surface area contributed by atoms with Crippen molar-refractivity contribution in [2.75, 3.05) is 26.4 Å². The van der Waals surface area contributed by atoms with Crippen LogP contribution in [0.15, 0.2) is 0 Å². The molecule has 0 radical (unpaired) electrons. The standard InChI is InChI=1S/C4H5NO2.C4H10O3/c6-3-1-2-4(7)5-3;5-1-3-7-4-2-6/h1-2H2,(H,5,6,7);5-6H,1-4H2. The molecule has 1 aliphatic rings. The van der Waals surface area contributed by atoms with Crippen molar-refractivity contribution in [1.29, 1.82) is 0 Å². The van der Waals surface area contributed by atoms with Gasteiger partial charge in [-0.3, -0.25) is 14.9 Å². The molecule has 2 amide bonds. The highest BCUT2D eigenvalue weighted by molar-refractivity contribution is 6.01. The molecule has 3 N–H and O–H groups in total. The molecule has 0 aromatic carbocycles. The topological polar surface area (TPSA) is 95.9 Å². The molecule has 6 heteroatoms. The first kappa shape index (κ1) is 13.0. The molecule has 0 atom stereocenters. The SMILES string of the molecule is O=C1CCC(=O)N1.OCCOCCO. The van der Waals surface area contributed by atoms with Gasteiger partial charge in [0, 0.05) is 12.8 Å². The zero-order valence-corrected chi connectivity index (χ0v) is 7.86. The van der Waals surface area contributed by atoms with Gasteiger partial charge < -0.3 is 14.9 Å². The Morgan fingerprint density at radius 3 is 1.71 bits per heavy atom. The van der Waals surface area contributed by atoms with E-state index in [9.17, 15) is 9.59 Å². The third-order valence-corrected chi connectivity index (χ3v) is 1.33. The number of hydrogen-bond acceptors (Lipinski definition) is 5. The Kier molecular flexibility index (Phi) is 8.01. The summed E-state index contributed by atoms with van der Waals surface area (Å²) in [5.74, 6) is -0.296. The highest BCUT2D eigenvalue weighted by Crippen LogP contribution is 1.95. The number of carbonyl (C=O) groups is 2. The van der Waals surface area contributed by atoms with E-state index in [1.54, 1.807) is 0 Å². The lowest BCUT2D eigenvalue weighted by Crippen LogP contribution is -2.18. The van der Waals surface area contributed by atoms with E-state index in [2.05, 4.69) is 10.1 Å². The Hall–Kier alpha value is -0.980. The summed E-state index contributed by atoms with van der Waals surface area (Å²) in [6.45, 7) is 0.696. The smallest absolute Gasteiger partial charge is 0.227 e. The van der Waals surface area contributed by atoms with Gasteiger partial charge in [0.2, 0.25) is 11.8 Å². The Labute approximate surface area is 81.9 Å². The summed E-state index contributed by atoms with van der Waals surface area (Å²) in [5, 5.41) is 18.3. The van der Waals surface area contributed by atoms with Crippen LogP contribution in [0.5, 0.6) is 0 Å². The van der Waals surface area contributed by atoms with Crippen molar-refractivity contribution in [1.82, 2.24) is 5.32 Å². The molecule has 0 aromatic rings. The Bertz CT molecular complexity index is 165. The van der Waals surface area contributed by atoms with Gasteiger partial charge in [0.25, 0.3) is 0 Å². The van der Waals surface area contributed by atoms with Gasteiger partial charge in [0.15, 0.2) is 0 Å². The van der Waals surface area contributed by atoms with Gasteiger partial charge >= 0.3 is 0 Å². The van der Waals surface area contributed by atoms with Gasteiger partial charge in [-0.1, -0.05) is 0 Å². The van der Waals surface area contributed by atoms with Crippen molar-refractivity contribution in [3.63, 3.8) is 0 Å². The normalized spacial score (nSPS) is 14.7. The summed E-state index contributed by atoms with van der Waals surface area (Å²) in [5.41, 5.74) is 0. The molecule has 6 nitrogen and oxygen atoms in total. The summed E-state index contributed by atoms with van der Waals surface area (Å²) in [6, 6.07) is 0. The van der Waals surface area contributed by atoms with E-state index in [1.165, 1.54) is 0 Å². The number of amides is 2. The van der Waals surface area contributed by atoms with Crippen LogP contribution in [0, 0.1) is 0 Å². The van der Waals surface area contributed by atoms with Crippen LogP contribution in [0.4, 0.5) is 0 Å². The molecule has 0 aromatic heterocycles. The van der Waals surface area contributed by atoms with Crippen LogP contribution in [-0.4, -0.2) is 48.5 Å². The second kappa shape index (κ2) is 8.61. The van der Waals surface area contributed by atoms with Crippen LogP contribution in [-0.2, 0) is 14.3 Å². The van der Waals surface area contributed by atoms with E-state index in [0.29, 0.717) is 26.1 Å². The van der Waals surface area contributed by atoms with E-state index >= 15 is 0 Å². The zero-order valence-electron chi connectivity index (χ0n) is 7.86. The first-order valence-corrected chi connectivity index (χ1v) is 4.33. The summed E-state index contributed by atoms with van der Waals surface area (Å²) >= 11 is 0. The number of aliphatic hydroxyl groups is 2. The first-order chi connectivity index (χ1) is 6.70. The minimum absolute atomic E-state index is 0.0278. The van der Waals surface area contributed by atoms with Gasteiger partial charge in [0.05, 0.1) is 26.4 Å². The lowest BCUT2D eigenvalue weighted by molar-refractivity contribution is -0.124. The number of hydrogen-bond donors (Lipinski definition) is 3. The van der Waals surface area contributed by atoms with Crippen LogP contribution in [0.3, 0.4) is 0 Å². The molecule has 1 fully saturated rings. The number of rotatable bonds is 4. The number of ether oxygens (including phenoxy) is 1. The van der Waals surface area contributed by atoms with Crippen molar-refractivity contribution in [3.8, 4) is 0 Å². The summed E-state index contributed by atoms with van der Waals surface area (Å²) in [6.07, 6.45) is 0.748. The molecule has 0 spiro atoms. The fourth-order valence-corrected chi connectivity index (χ4v) is 0.739. The fraction of sp³-hybridized carbons (Fsp3) is 0.750. The van der Waals surface area contributed by atoms with E-state index in [-0.39, 0.29) is 25.0 Å². The van der Waals surface area contributed by atoms with Crippen molar-refractivity contribution < 1.29 is 24.5 Å². The van der Waals surface area contributed by atoms with Crippen LogP contribution >= 0.6 is 0 Å². The van der Waals surface area contributed by atoms with Crippen molar-refractivity contribution in [2.24, 2.45) is 0 Å². The van der Waals surface area contributed by atoms with Gasteiger partial charge in [-0.25, -0.2) is 0 Å². The zero-order chi connectivity index (χ0) is 10.8. The van der Waals surface area contributed by atoms with E-state index in [4.69, 9.17) is 10.2 Å². The Morgan fingerprint density at radius 2 is 1.50 bits per heavy atom. The third-order valence-electron chi connectivity index (χ3n) is 1.33. The third kappa shape index (κ3) is 7.66. The predicted octanol–water partition coefficient (Wildman–Crippen LogP) is -1.59. The highest BCUT2D eigenvalue weighted by atomic mass is 16.5. The molecule has 1 aliphatic heterocycles. The molecular weight excluding hydrogens is 190 g/mol. The lowest BCUT2D eigenvalue weighted by atomic mass is 10.4. The minimum Gasteiger partial charge on any atom is -0.394 e. The summed E-state index contributed by atoms with van der Waals surface area (Å²) in [7, 11) is 0. The van der Waals surface area contributed by atoms with Gasteiger partial charge in [-0.2, -0.15) is 0 Å². The van der Waals surface area contributed by atoms with Gasteiger partial charge in [0.1, 0.15) is 0 Å². The average molecular weight is 205 g/mol. The lowest BCUT2D eigenvalue weighted by Gasteiger charge is -1.94. The first-order valence-electron chi connectivity index (χ1n) is 4.33. The van der Waals surface area contributed by atoms with E-state index < -0.39 is 0 Å². The van der Waals surface area contributed by atoms with Crippen molar-refractivity contribution >= 4 is 11.8 Å². The number of aliphatic hydroxyl groups excluding tert-OH is 2. The molecule has 1 heterocycles. The van der Waals surface area contributed by atoms with Crippen LogP contribution in [0.2, 0.25) is 0 Å². The maximum absolute atomic E-state index is 10.1. The highest BCUT2D eigenvalue weighted by Gasteiger charge is 2.15. The Morgan fingerprint density at radius 1 is 1.07 bits per heavy atom. The molecule has 14 heavy (non-hydrogen) atoms. The predicted molar refractivity (Wildman–Crippen MR) is 47.4 cm³/mol. The summed E-state index contributed by atoms with van der Waals surface area (Å²) in [4.78, 5) is 20.2. The second-order valence-electron chi connectivity index (χ2n) is 2.53. The molecule has 0 saturated carbocycles. The monoisotopic (exact) mass is 205 g/mol. The summed E-state index contributed by atoms with van der Waals surface area (Å²) < 4.78 is 4.63. The number of imide groups is 1. The minimum atomic E-state index is -0.148. The van der Waals surface area contributed by atoms with Crippen molar-refractivity contribution in [3.05, 3.63) is 0 Å². The van der Waals surface area contributed by atoms with Gasteiger partial charge in [-0.15, -0.1) is 0 Å². The molecule has 0 unspecified atom stereocenters. The van der Waals surface area contributed by atoms with Gasteiger partial charge in [-0.05, 0) is 0 Å². The quantitative estimate of drug-likeness (QED) is 0.380. The maximum Gasteiger partial charge on any atom is 0.227 e. The second-order valence-corrected chi connectivity index (χ2v) is 2.53. The Balaban J connectivity index is 0.000000241. The molecule has 82 valence electrons. The number of carbonyl (C=O) groups excluding carboxylic acids is 2. The van der Waals surface area contributed by atoms with Crippen molar-refractivity contribution in [2.45, 2.75) is 12.8 Å². The largest absolute Gasteiger partial charge is 0.394 e.